The van der Waals surface area contributed by atoms with Crippen LogP contribution in [-0.4, -0.2) is 26.8 Å². The van der Waals surface area contributed by atoms with E-state index < -0.39 is 0 Å². The Balaban J connectivity index is 1.56. The molecule has 0 saturated heterocycles. The van der Waals surface area contributed by atoms with Gasteiger partial charge in [-0.25, -0.2) is 4.98 Å². The molecule has 0 spiro atoms. The van der Waals surface area contributed by atoms with Gasteiger partial charge >= 0.3 is 0 Å². The Morgan fingerprint density at radius 2 is 1.97 bits per heavy atom. The third-order valence-corrected chi connectivity index (χ3v) is 5.46. The van der Waals surface area contributed by atoms with Gasteiger partial charge in [0.2, 0.25) is 5.88 Å². The summed E-state index contributed by atoms with van der Waals surface area (Å²) in [5, 5.41) is 9.70. The van der Waals surface area contributed by atoms with Gasteiger partial charge < -0.3 is 10.1 Å². The third kappa shape index (κ3) is 5.19. The topological polar surface area (TPSA) is 69.0 Å². The first kappa shape index (κ1) is 20.8. The minimum atomic E-state index is -0.179. The lowest BCUT2D eigenvalue weighted by Crippen LogP contribution is -2.24. The highest BCUT2D eigenvalue weighted by molar-refractivity contribution is 7.13. The van der Waals surface area contributed by atoms with E-state index in [0.717, 1.165) is 16.0 Å². The van der Waals surface area contributed by atoms with Gasteiger partial charge in [-0.2, -0.15) is 5.10 Å². The number of aromatic nitrogens is 3. The van der Waals surface area contributed by atoms with Crippen molar-refractivity contribution >= 4 is 17.2 Å². The van der Waals surface area contributed by atoms with E-state index in [4.69, 9.17) is 9.84 Å². The number of hydrogen-bond acceptors (Lipinski definition) is 5. The number of ether oxygens (including phenoxy) is 1. The first-order valence-electron chi connectivity index (χ1n) is 10.1. The highest BCUT2D eigenvalue weighted by Crippen LogP contribution is 2.27. The zero-order valence-electron chi connectivity index (χ0n) is 17.5. The van der Waals surface area contributed by atoms with E-state index in [-0.39, 0.29) is 12.0 Å². The Labute approximate surface area is 185 Å². The van der Waals surface area contributed by atoms with Crippen molar-refractivity contribution in [2.75, 3.05) is 0 Å². The number of nitrogens with zero attached hydrogens (tertiary/aromatic N) is 3. The van der Waals surface area contributed by atoms with E-state index in [9.17, 15) is 4.79 Å². The summed E-state index contributed by atoms with van der Waals surface area (Å²) in [6, 6.07) is 17.8. The van der Waals surface area contributed by atoms with Crippen LogP contribution in [0.25, 0.3) is 10.6 Å². The molecular weight excluding hydrogens is 408 g/mol. The van der Waals surface area contributed by atoms with Gasteiger partial charge in [-0.3, -0.25) is 9.48 Å². The van der Waals surface area contributed by atoms with Crippen molar-refractivity contribution in [1.29, 1.82) is 0 Å². The molecule has 7 heteroatoms. The molecule has 4 aromatic rings. The predicted octanol–water partition coefficient (Wildman–Crippen LogP) is 4.77. The molecule has 1 amide bonds. The Morgan fingerprint density at radius 3 is 2.71 bits per heavy atom. The van der Waals surface area contributed by atoms with Crippen LogP contribution in [0.2, 0.25) is 0 Å². The molecule has 3 aromatic heterocycles. The summed E-state index contributed by atoms with van der Waals surface area (Å²) in [6.45, 7) is 4.82. The van der Waals surface area contributed by atoms with Gasteiger partial charge in [0, 0.05) is 24.5 Å². The quantitative estimate of drug-likeness (QED) is 0.435. The average molecular weight is 433 g/mol. The number of nitrogens with one attached hydrogen (secondary N) is 1. The van der Waals surface area contributed by atoms with Crippen molar-refractivity contribution in [3.63, 3.8) is 0 Å². The second-order valence-corrected chi connectivity index (χ2v) is 8.32. The highest BCUT2D eigenvalue weighted by Gasteiger charge is 2.19. The Morgan fingerprint density at radius 1 is 1.13 bits per heavy atom. The second-order valence-electron chi connectivity index (χ2n) is 7.37. The maximum absolute atomic E-state index is 13.1. The van der Waals surface area contributed by atoms with Crippen molar-refractivity contribution < 1.29 is 9.53 Å². The maximum Gasteiger partial charge on any atom is 0.255 e. The lowest BCUT2D eigenvalue weighted by atomic mass is 10.2. The number of benzene rings is 1. The summed E-state index contributed by atoms with van der Waals surface area (Å²) in [4.78, 5) is 18.4. The molecule has 0 fully saturated rings. The second kappa shape index (κ2) is 9.57. The molecule has 0 aliphatic heterocycles. The number of carbonyl (C=O) groups excluding carboxylic acids is 1. The number of hydrogen-bond donors (Lipinski definition) is 1. The molecule has 3 heterocycles. The van der Waals surface area contributed by atoms with Gasteiger partial charge in [0.25, 0.3) is 5.91 Å². The Kier molecular flexibility index (Phi) is 6.43. The lowest BCUT2D eigenvalue weighted by Gasteiger charge is -2.13. The number of rotatable bonds is 8. The van der Waals surface area contributed by atoms with Crippen molar-refractivity contribution in [2.24, 2.45) is 0 Å². The third-order valence-electron chi connectivity index (χ3n) is 4.58. The summed E-state index contributed by atoms with van der Waals surface area (Å²) < 4.78 is 7.58. The molecule has 0 bridgehead atoms. The van der Waals surface area contributed by atoms with E-state index in [0.29, 0.717) is 30.2 Å². The van der Waals surface area contributed by atoms with Gasteiger partial charge in [0.1, 0.15) is 5.69 Å². The van der Waals surface area contributed by atoms with Gasteiger partial charge in [-0.05, 0) is 36.9 Å². The van der Waals surface area contributed by atoms with Crippen LogP contribution in [-0.2, 0) is 13.1 Å². The number of pyridine rings is 1. The number of amides is 1. The van der Waals surface area contributed by atoms with Gasteiger partial charge in [0.15, 0.2) is 0 Å². The average Bonchev–Trinajstić information content (AvgIpc) is 3.43. The first-order chi connectivity index (χ1) is 15.1. The minimum Gasteiger partial charge on any atom is -0.475 e. The molecule has 1 aromatic carbocycles. The fourth-order valence-electron chi connectivity index (χ4n) is 3.19. The van der Waals surface area contributed by atoms with E-state index in [1.807, 2.05) is 84.7 Å². The van der Waals surface area contributed by atoms with Crippen LogP contribution in [0.3, 0.4) is 0 Å². The zero-order valence-corrected chi connectivity index (χ0v) is 18.3. The summed E-state index contributed by atoms with van der Waals surface area (Å²) >= 11 is 1.57. The summed E-state index contributed by atoms with van der Waals surface area (Å²) in [6.07, 6.45) is 3.50. The summed E-state index contributed by atoms with van der Waals surface area (Å²) in [7, 11) is 0. The van der Waals surface area contributed by atoms with Crippen LogP contribution >= 0.6 is 11.3 Å². The van der Waals surface area contributed by atoms with Gasteiger partial charge in [-0.1, -0.05) is 42.5 Å². The largest absolute Gasteiger partial charge is 0.475 e. The van der Waals surface area contributed by atoms with Crippen molar-refractivity contribution in [3.8, 4) is 16.5 Å². The minimum absolute atomic E-state index is 0.00556. The van der Waals surface area contributed by atoms with Crippen LogP contribution < -0.4 is 10.1 Å². The molecular formula is C24H24N4O2S. The molecule has 158 valence electrons. The molecule has 31 heavy (non-hydrogen) atoms. The van der Waals surface area contributed by atoms with Gasteiger partial charge in [0.05, 0.1) is 23.1 Å². The molecule has 0 atom stereocenters. The predicted molar refractivity (Wildman–Crippen MR) is 122 cm³/mol. The van der Waals surface area contributed by atoms with Crippen LogP contribution in [0.15, 0.2) is 72.4 Å². The van der Waals surface area contributed by atoms with Crippen molar-refractivity contribution in [3.05, 3.63) is 89.1 Å². The number of carbonyl (C=O) groups is 1. The fourth-order valence-corrected chi connectivity index (χ4v) is 3.92. The maximum atomic E-state index is 13.1. The fraction of sp³-hybridized carbons (Fsp3) is 0.208. The first-order valence-corrected chi connectivity index (χ1v) is 11.0. The zero-order chi connectivity index (χ0) is 21.6. The molecule has 0 saturated carbocycles. The van der Waals surface area contributed by atoms with Crippen molar-refractivity contribution in [2.45, 2.75) is 33.0 Å². The molecule has 6 nitrogen and oxygen atoms in total. The molecule has 4 rings (SSSR count). The van der Waals surface area contributed by atoms with E-state index in [1.165, 1.54) is 0 Å². The van der Waals surface area contributed by atoms with E-state index in [2.05, 4.69) is 10.3 Å². The molecule has 1 N–H and O–H groups in total. The summed E-state index contributed by atoms with van der Waals surface area (Å²) in [5.74, 6) is 0.359. The normalized spacial score (nSPS) is 10.9. The lowest BCUT2D eigenvalue weighted by molar-refractivity contribution is 0.0951. The van der Waals surface area contributed by atoms with E-state index >= 15 is 0 Å². The molecule has 0 aliphatic carbocycles. The number of thiophene rings is 1. The smallest absolute Gasteiger partial charge is 0.255 e. The van der Waals surface area contributed by atoms with Crippen LogP contribution in [0, 0.1) is 0 Å². The highest BCUT2D eigenvalue weighted by atomic mass is 32.1. The van der Waals surface area contributed by atoms with Crippen LogP contribution in [0.1, 0.15) is 35.3 Å². The Bertz CT molecular complexity index is 1140. The molecule has 0 radical (unpaired) electrons. The SMILES string of the molecule is CC(C)Oc1ncccc1CNC(=O)c1cn(Cc2ccccc2)nc1-c1cccs1. The standard InChI is InChI=1S/C24H24N4O2S/c1-17(2)30-24-19(10-6-12-25-24)14-26-23(29)20-16-28(15-18-8-4-3-5-9-18)27-22(20)21-11-7-13-31-21/h3-13,16-17H,14-15H2,1-2H3,(H,26,29). The van der Waals surface area contributed by atoms with E-state index in [1.54, 1.807) is 17.5 Å². The molecule has 0 unspecified atom stereocenters. The molecule has 0 aliphatic rings. The van der Waals surface area contributed by atoms with Crippen LogP contribution in [0.4, 0.5) is 0 Å². The van der Waals surface area contributed by atoms with Crippen molar-refractivity contribution in [1.82, 2.24) is 20.1 Å². The summed E-state index contributed by atoms with van der Waals surface area (Å²) in [5.41, 5.74) is 3.20. The van der Waals surface area contributed by atoms with Gasteiger partial charge in [-0.15, -0.1) is 11.3 Å². The van der Waals surface area contributed by atoms with Crippen LogP contribution in [0.5, 0.6) is 5.88 Å². The Hall–Kier alpha value is -3.45. The monoisotopic (exact) mass is 432 g/mol.